The van der Waals surface area contributed by atoms with E-state index in [1.54, 1.807) is 24.3 Å². The molecule has 18 heteroatoms. The van der Waals surface area contributed by atoms with Gasteiger partial charge in [0, 0.05) is 41.4 Å². The Bertz CT molecular complexity index is 1920. The summed E-state index contributed by atoms with van der Waals surface area (Å²) in [6.07, 6.45) is 0.811. The van der Waals surface area contributed by atoms with Crippen LogP contribution in [0.15, 0.2) is 42.5 Å². The van der Waals surface area contributed by atoms with Crippen LogP contribution in [0.5, 0.6) is 0 Å². The van der Waals surface area contributed by atoms with Crippen LogP contribution < -0.4 is 21.3 Å². The molecule has 4 fully saturated rings. The summed E-state index contributed by atoms with van der Waals surface area (Å²) in [5, 5.41) is 10.6. The number of carbonyl (C=O) groups is 7. The van der Waals surface area contributed by atoms with E-state index in [0.717, 1.165) is 15.7 Å². The van der Waals surface area contributed by atoms with Gasteiger partial charge in [-0.2, -0.15) is 0 Å². The summed E-state index contributed by atoms with van der Waals surface area (Å²) in [4.78, 5) is 102. The Morgan fingerprint density at radius 2 is 1.50 bits per heavy atom. The monoisotopic (exact) mass is 919 g/mol. The highest BCUT2D eigenvalue weighted by Gasteiger charge is 2.47. The fourth-order valence-electron chi connectivity index (χ4n) is 8.25. The summed E-state index contributed by atoms with van der Waals surface area (Å²) in [6.45, 7) is 5.37. The number of halogens is 3. The molecule has 0 saturated carbocycles. The Morgan fingerprint density at radius 1 is 0.845 bits per heavy atom. The van der Waals surface area contributed by atoms with E-state index in [-0.39, 0.29) is 44.0 Å². The van der Waals surface area contributed by atoms with Crippen LogP contribution in [0, 0.1) is 21.1 Å². The molecule has 7 amide bonds. The van der Waals surface area contributed by atoms with E-state index in [0.29, 0.717) is 37.4 Å². The molecule has 0 bridgehead atoms. The maximum atomic E-state index is 14.7. The summed E-state index contributed by atoms with van der Waals surface area (Å²) in [5.41, 5.74) is 0.416. The van der Waals surface area contributed by atoms with Crippen molar-refractivity contribution in [2.24, 2.45) is 5.92 Å². The smallest absolute Gasteiger partial charge is 0.329 e. The SMILES string of the molecule is C[C@@H]1C[C@H]2C(=O)O[C@@H](C)[C@H](NC(=O)[C@H](Cc3cc(F)cc(F)c3)NC(=O)Nc3ccc(I)cc3)C(=O)N3CCC[C@H]3C(=O)N3CCCC[C@H]3C(=O)N[C@@H](C)C(=O)N2C1. The predicted molar refractivity (Wildman–Crippen MR) is 214 cm³/mol. The van der Waals surface area contributed by atoms with Gasteiger partial charge >= 0.3 is 12.0 Å². The second kappa shape index (κ2) is 18.4. The number of hydrogen-bond acceptors (Lipinski definition) is 8. The standard InChI is InChI=1S/C40H48F2IN7O8/c1-21-15-32-39(56)58-23(3)33(47-34(51)29(18-24-16-25(41)19-26(42)17-24)46-40(57)45-28-11-9-27(43)10-12-28)38(55)49-14-6-8-31(49)37(54)48-13-5-4-7-30(48)35(52)44-22(2)36(53)50(32)20-21/h9-12,16-17,19,21-23,29-33H,4-8,13-15,18,20H2,1-3H3,(H,44,52)(H,47,51)(H2,45,46,57)/t21-,22+,23+,29+,30+,31+,32+,33+/m1/s1. The first-order valence-electron chi connectivity index (χ1n) is 19.6. The van der Waals surface area contributed by atoms with Crippen molar-refractivity contribution < 1.29 is 47.1 Å². The summed E-state index contributed by atoms with van der Waals surface area (Å²) in [6, 6.07) is 1.51. The van der Waals surface area contributed by atoms with E-state index in [1.165, 1.54) is 28.5 Å². The maximum Gasteiger partial charge on any atom is 0.329 e. The molecule has 0 aromatic heterocycles. The molecular formula is C40H48F2IN7O8. The molecule has 15 nitrogen and oxygen atoms in total. The van der Waals surface area contributed by atoms with Gasteiger partial charge < -0.3 is 40.7 Å². The van der Waals surface area contributed by atoms with E-state index in [2.05, 4.69) is 43.9 Å². The van der Waals surface area contributed by atoms with Crippen molar-refractivity contribution in [1.82, 2.24) is 30.7 Å². The number of hydrogen-bond donors (Lipinski definition) is 4. The number of fused-ring (bicyclic) bond motifs is 3. The van der Waals surface area contributed by atoms with E-state index in [1.807, 2.05) is 6.92 Å². The van der Waals surface area contributed by atoms with Crippen molar-refractivity contribution in [3.05, 3.63) is 63.2 Å². The lowest BCUT2D eigenvalue weighted by Crippen LogP contribution is -2.63. The number of rotatable bonds is 6. The zero-order valence-corrected chi connectivity index (χ0v) is 34.6. The minimum atomic E-state index is -1.62. The Morgan fingerprint density at radius 3 is 2.21 bits per heavy atom. The average molecular weight is 920 g/mol. The molecule has 2 aromatic carbocycles. The normalized spacial score (nSPS) is 27.5. The first-order chi connectivity index (χ1) is 27.6. The molecule has 0 radical (unpaired) electrons. The molecule has 0 aliphatic carbocycles. The molecule has 58 heavy (non-hydrogen) atoms. The van der Waals surface area contributed by atoms with E-state index >= 15 is 0 Å². The number of ether oxygens (including phenoxy) is 1. The highest BCUT2D eigenvalue weighted by atomic mass is 127. The predicted octanol–water partition coefficient (Wildman–Crippen LogP) is 2.85. The number of nitrogens with one attached hydrogen (secondary N) is 4. The fourth-order valence-corrected chi connectivity index (χ4v) is 8.61. The Kier molecular flexibility index (Phi) is 13.5. The molecule has 2 aromatic rings. The second-order valence-electron chi connectivity index (χ2n) is 15.6. The van der Waals surface area contributed by atoms with Crippen LogP contribution in [0.2, 0.25) is 0 Å². The number of urea groups is 1. The van der Waals surface area contributed by atoms with Crippen LogP contribution in [-0.2, 0) is 39.9 Å². The first-order valence-corrected chi connectivity index (χ1v) is 20.7. The Balaban J connectivity index is 1.34. The van der Waals surface area contributed by atoms with Gasteiger partial charge in [0.1, 0.15) is 54.0 Å². The molecule has 6 rings (SSSR count). The second-order valence-corrected chi connectivity index (χ2v) is 16.8. The maximum absolute atomic E-state index is 14.7. The topological polar surface area (TPSA) is 187 Å². The minimum Gasteiger partial charge on any atom is -0.458 e. The molecule has 0 unspecified atom stereocenters. The number of anilines is 1. The third-order valence-electron chi connectivity index (χ3n) is 11.1. The van der Waals surface area contributed by atoms with Gasteiger partial charge in [0.2, 0.25) is 29.5 Å². The van der Waals surface area contributed by atoms with Gasteiger partial charge in [-0.25, -0.2) is 18.4 Å². The zero-order chi connectivity index (χ0) is 41.8. The summed E-state index contributed by atoms with van der Waals surface area (Å²) < 4.78 is 35.4. The molecule has 4 N–H and O–H groups in total. The third-order valence-corrected chi connectivity index (χ3v) is 11.8. The fraction of sp³-hybridized carbons (Fsp3) is 0.525. The van der Waals surface area contributed by atoms with Crippen LogP contribution in [0.3, 0.4) is 0 Å². The third kappa shape index (κ3) is 9.86. The number of piperidine rings is 1. The molecular weight excluding hydrogens is 871 g/mol. The molecule has 0 spiro atoms. The highest BCUT2D eigenvalue weighted by Crippen LogP contribution is 2.29. The lowest BCUT2D eigenvalue weighted by molar-refractivity contribution is -0.163. The van der Waals surface area contributed by atoms with Gasteiger partial charge in [-0.05, 0) is 123 Å². The largest absolute Gasteiger partial charge is 0.458 e. The molecule has 312 valence electrons. The van der Waals surface area contributed by atoms with Crippen molar-refractivity contribution in [3.8, 4) is 0 Å². The van der Waals surface area contributed by atoms with E-state index in [9.17, 15) is 42.3 Å². The quantitative estimate of drug-likeness (QED) is 0.252. The van der Waals surface area contributed by atoms with Gasteiger partial charge in [0.05, 0.1) is 0 Å². The Labute approximate surface area is 348 Å². The average Bonchev–Trinajstić information content (AvgIpc) is 3.83. The van der Waals surface area contributed by atoms with Crippen molar-refractivity contribution in [2.75, 3.05) is 25.0 Å². The van der Waals surface area contributed by atoms with Gasteiger partial charge in [0.15, 0.2) is 0 Å². The van der Waals surface area contributed by atoms with E-state index < -0.39 is 102 Å². The number of esters is 1. The number of benzene rings is 2. The lowest BCUT2D eigenvalue weighted by atomic mass is 9.99. The van der Waals surface area contributed by atoms with Gasteiger partial charge in [-0.1, -0.05) is 6.92 Å². The number of carbonyl (C=O) groups excluding carboxylic acids is 7. The lowest BCUT2D eigenvalue weighted by Gasteiger charge is -2.39. The van der Waals surface area contributed by atoms with Crippen molar-refractivity contribution in [2.45, 2.75) is 108 Å². The van der Waals surface area contributed by atoms with Gasteiger partial charge in [-0.3, -0.25) is 24.0 Å². The van der Waals surface area contributed by atoms with Crippen molar-refractivity contribution >= 4 is 69.8 Å². The zero-order valence-electron chi connectivity index (χ0n) is 32.5. The molecule has 4 saturated heterocycles. The van der Waals surface area contributed by atoms with Crippen LogP contribution in [0.1, 0.15) is 64.9 Å². The molecule has 8 atom stereocenters. The van der Waals surface area contributed by atoms with E-state index in [4.69, 9.17) is 4.74 Å². The van der Waals surface area contributed by atoms with Gasteiger partial charge in [-0.15, -0.1) is 0 Å². The summed E-state index contributed by atoms with van der Waals surface area (Å²) in [5.74, 6) is -5.95. The minimum absolute atomic E-state index is 0.0238. The number of amides is 7. The summed E-state index contributed by atoms with van der Waals surface area (Å²) >= 11 is 2.10. The summed E-state index contributed by atoms with van der Waals surface area (Å²) in [7, 11) is 0. The molecule has 4 aliphatic rings. The first kappa shape index (κ1) is 42.7. The number of cyclic esters (lactones) is 1. The van der Waals surface area contributed by atoms with Gasteiger partial charge in [0.25, 0.3) is 0 Å². The van der Waals surface area contributed by atoms with Crippen molar-refractivity contribution in [3.63, 3.8) is 0 Å². The molecule has 4 heterocycles. The number of nitrogens with zero attached hydrogens (tertiary/aromatic N) is 3. The van der Waals surface area contributed by atoms with Crippen LogP contribution in [-0.4, -0.2) is 118 Å². The highest BCUT2D eigenvalue weighted by molar-refractivity contribution is 14.1. The van der Waals surface area contributed by atoms with Crippen LogP contribution in [0.4, 0.5) is 19.3 Å². The molecule has 4 aliphatic heterocycles. The Hall–Kier alpha value is -4.88. The van der Waals surface area contributed by atoms with Crippen LogP contribution in [0.25, 0.3) is 0 Å². The van der Waals surface area contributed by atoms with Crippen LogP contribution >= 0.6 is 22.6 Å². The van der Waals surface area contributed by atoms with Crippen molar-refractivity contribution in [1.29, 1.82) is 0 Å².